The number of aromatic nitrogens is 1. The SMILES string of the molecule is C=CCC1(S(=O)(=O)Nc2cn(C)c(=O)c(C)c2Cc2ccc(I)cc2F)CC1. The van der Waals surface area contributed by atoms with Gasteiger partial charge in [0.1, 0.15) is 5.82 Å². The van der Waals surface area contributed by atoms with Crippen LogP contribution in [0.5, 0.6) is 0 Å². The molecule has 0 atom stereocenters. The van der Waals surface area contributed by atoms with Crippen molar-refractivity contribution in [2.45, 2.75) is 37.4 Å². The molecule has 2 aromatic rings. The Morgan fingerprint density at radius 3 is 2.64 bits per heavy atom. The second-order valence-corrected chi connectivity index (χ2v) is 10.6. The molecule has 1 saturated carbocycles. The monoisotopic (exact) mass is 516 g/mol. The average Bonchev–Trinajstić information content (AvgIpc) is 3.40. The predicted molar refractivity (Wildman–Crippen MR) is 118 cm³/mol. The van der Waals surface area contributed by atoms with Gasteiger partial charge >= 0.3 is 0 Å². The van der Waals surface area contributed by atoms with Crippen molar-refractivity contribution in [2.75, 3.05) is 4.72 Å². The van der Waals surface area contributed by atoms with Gasteiger partial charge in [-0.15, -0.1) is 6.58 Å². The second kappa shape index (κ2) is 7.62. The Bertz CT molecular complexity index is 1110. The number of benzene rings is 1. The third kappa shape index (κ3) is 3.89. The maximum atomic E-state index is 14.4. The molecule has 150 valence electrons. The summed E-state index contributed by atoms with van der Waals surface area (Å²) in [5.41, 5.74) is 1.36. The van der Waals surface area contributed by atoms with Gasteiger partial charge in [0.25, 0.3) is 5.56 Å². The van der Waals surface area contributed by atoms with Crippen molar-refractivity contribution in [1.29, 1.82) is 0 Å². The molecule has 1 N–H and O–H groups in total. The summed E-state index contributed by atoms with van der Waals surface area (Å²) in [4.78, 5) is 12.4. The van der Waals surface area contributed by atoms with Gasteiger partial charge in [-0.1, -0.05) is 12.1 Å². The highest BCUT2D eigenvalue weighted by Crippen LogP contribution is 2.47. The topological polar surface area (TPSA) is 68.2 Å². The molecule has 1 fully saturated rings. The van der Waals surface area contributed by atoms with E-state index in [9.17, 15) is 17.6 Å². The Hall–Kier alpha value is -1.68. The van der Waals surface area contributed by atoms with Gasteiger partial charge in [-0.2, -0.15) is 0 Å². The van der Waals surface area contributed by atoms with E-state index in [1.165, 1.54) is 16.8 Å². The number of hydrogen-bond donors (Lipinski definition) is 1. The van der Waals surface area contributed by atoms with Crippen LogP contribution < -0.4 is 10.3 Å². The fourth-order valence-electron chi connectivity index (χ4n) is 3.34. The summed E-state index contributed by atoms with van der Waals surface area (Å²) in [5, 5.41) is 0. The Morgan fingerprint density at radius 2 is 2.07 bits per heavy atom. The highest BCUT2D eigenvalue weighted by atomic mass is 127. The van der Waals surface area contributed by atoms with Crippen LogP contribution in [0.2, 0.25) is 0 Å². The molecule has 5 nitrogen and oxygen atoms in total. The fourth-order valence-corrected chi connectivity index (χ4v) is 5.45. The molecular weight excluding hydrogens is 494 g/mol. The predicted octanol–water partition coefficient (Wildman–Crippen LogP) is 3.88. The number of hydrogen-bond acceptors (Lipinski definition) is 3. The summed E-state index contributed by atoms with van der Waals surface area (Å²) >= 11 is 2.02. The molecule has 0 radical (unpaired) electrons. The van der Waals surface area contributed by atoms with Crippen molar-refractivity contribution >= 4 is 38.3 Å². The minimum Gasteiger partial charge on any atom is -0.316 e. The Morgan fingerprint density at radius 1 is 1.39 bits per heavy atom. The summed E-state index contributed by atoms with van der Waals surface area (Å²) in [6, 6.07) is 4.86. The van der Waals surface area contributed by atoms with Crippen LogP contribution in [0.15, 0.2) is 41.8 Å². The van der Waals surface area contributed by atoms with Gasteiger partial charge in [-0.05, 0) is 72.0 Å². The van der Waals surface area contributed by atoms with Crippen LogP contribution in [-0.4, -0.2) is 17.7 Å². The zero-order valence-electron chi connectivity index (χ0n) is 15.8. The average molecular weight is 516 g/mol. The fraction of sp³-hybridized carbons (Fsp3) is 0.350. The highest BCUT2D eigenvalue weighted by Gasteiger charge is 2.53. The van der Waals surface area contributed by atoms with Gasteiger partial charge in [0.15, 0.2) is 0 Å². The molecule has 0 saturated heterocycles. The van der Waals surface area contributed by atoms with Crippen LogP contribution >= 0.6 is 22.6 Å². The minimum absolute atomic E-state index is 0.122. The summed E-state index contributed by atoms with van der Waals surface area (Å²) in [5.74, 6) is -0.383. The van der Waals surface area contributed by atoms with Crippen molar-refractivity contribution in [3.63, 3.8) is 0 Å². The lowest BCUT2D eigenvalue weighted by Gasteiger charge is -2.20. The summed E-state index contributed by atoms with van der Waals surface area (Å²) in [7, 11) is -2.11. The number of anilines is 1. The maximum absolute atomic E-state index is 14.4. The van der Waals surface area contributed by atoms with Crippen LogP contribution in [0.4, 0.5) is 10.1 Å². The summed E-state index contributed by atoms with van der Waals surface area (Å²) in [6.45, 7) is 5.29. The molecule has 3 rings (SSSR count). The molecule has 8 heteroatoms. The normalized spacial score (nSPS) is 15.3. The smallest absolute Gasteiger partial charge is 0.253 e. The lowest BCUT2D eigenvalue weighted by Crippen LogP contribution is -2.31. The van der Waals surface area contributed by atoms with Crippen molar-refractivity contribution < 1.29 is 12.8 Å². The van der Waals surface area contributed by atoms with Crippen LogP contribution in [0.1, 0.15) is 36.0 Å². The van der Waals surface area contributed by atoms with Crippen molar-refractivity contribution in [2.24, 2.45) is 7.05 Å². The Kier molecular flexibility index (Phi) is 5.73. The molecule has 0 aliphatic heterocycles. The van der Waals surface area contributed by atoms with Crippen LogP contribution in [-0.2, 0) is 23.5 Å². The van der Waals surface area contributed by atoms with Crippen molar-refractivity contribution in [3.05, 3.63) is 73.5 Å². The third-order valence-electron chi connectivity index (χ3n) is 5.26. The van der Waals surface area contributed by atoms with E-state index in [1.807, 2.05) is 22.6 Å². The molecule has 0 unspecified atom stereocenters. The quantitative estimate of drug-likeness (QED) is 0.449. The van der Waals surface area contributed by atoms with Gasteiger partial charge in [0.2, 0.25) is 10.0 Å². The molecule has 0 bridgehead atoms. The van der Waals surface area contributed by atoms with Crippen molar-refractivity contribution in [1.82, 2.24) is 4.57 Å². The minimum atomic E-state index is -3.67. The lowest BCUT2D eigenvalue weighted by molar-refractivity contribution is 0.582. The molecule has 0 amide bonds. The van der Waals surface area contributed by atoms with Crippen molar-refractivity contribution in [3.8, 4) is 0 Å². The number of rotatable bonds is 7. The van der Waals surface area contributed by atoms with E-state index >= 15 is 0 Å². The van der Waals surface area contributed by atoms with E-state index in [0.717, 1.165) is 3.57 Å². The van der Waals surface area contributed by atoms with E-state index in [-0.39, 0.29) is 17.8 Å². The van der Waals surface area contributed by atoms with Gasteiger partial charge in [0, 0.05) is 28.8 Å². The van der Waals surface area contributed by atoms with E-state index in [2.05, 4.69) is 11.3 Å². The van der Waals surface area contributed by atoms with Gasteiger partial charge in [-0.3, -0.25) is 9.52 Å². The molecule has 0 spiro atoms. The lowest BCUT2D eigenvalue weighted by atomic mass is 10.00. The molecule has 1 aromatic heterocycles. The number of halogens is 2. The van der Waals surface area contributed by atoms with Gasteiger partial charge < -0.3 is 4.57 Å². The molecule has 1 aliphatic carbocycles. The zero-order valence-corrected chi connectivity index (χ0v) is 18.7. The van der Waals surface area contributed by atoms with Crippen LogP contribution in [0, 0.1) is 16.3 Å². The number of nitrogens with one attached hydrogen (secondary N) is 1. The number of pyridine rings is 1. The van der Waals surface area contributed by atoms with E-state index in [4.69, 9.17) is 0 Å². The first-order chi connectivity index (χ1) is 13.1. The van der Waals surface area contributed by atoms with Crippen LogP contribution in [0.3, 0.4) is 0 Å². The van der Waals surface area contributed by atoms with Gasteiger partial charge in [-0.25, -0.2) is 12.8 Å². The standard InChI is InChI=1S/C20H22FIN2O3S/c1-4-7-20(8-9-20)28(26,27)23-18-12-24(3)19(25)13(2)16(18)10-14-5-6-15(22)11-17(14)21/h4-6,11-12,23H,1,7-10H2,2-3H3. The Labute approximate surface area is 177 Å². The first-order valence-corrected chi connectivity index (χ1v) is 11.4. The van der Waals surface area contributed by atoms with E-state index in [0.29, 0.717) is 41.6 Å². The molecule has 1 aliphatic rings. The molecule has 28 heavy (non-hydrogen) atoms. The number of allylic oxidation sites excluding steroid dienone is 1. The van der Waals surface area contributed by atoms with Gasteiger partial charge in [0.05, 0.1) is 10.4 Å². The number of aryl methyl sites for hydroxylation is 1. The molecule has 1 heterocycles. The zero-order chi connectivity index (χ0) is 20.7. The highest BCUT2D eigenvalue weighted by molar-refractivity contribution is 14.1. The van der Waals surface area contributed by atoms with Crippen LogP contribution in [0.25, 0.3) is 0 Å². The maximum Gasteiger partial charge on any atom is 0.253 e. The summed E-state index contributed by atoms with van der Waals surface area (Å²) in [6.07, 6.45) is 4.71. The molecular formula is C20H22FIN2O3S. The third-order valence-corrected chi connectivity index (χ3v) is 8.14. The first-order valence-electron chi connectivity index (χ1n) is 8.86. The summed E-state index contributed by atoms with van der Waals surface area (Å²) < 4.78 is 44.3. The van der Waals surface area contributed by atoms with E-state index < -0.39 is 14.8 Å². The largest absolute Gasteiger partial charge is 0.316 e. The Balaban J connectivity index is 2.06. The molecule has 1 aromatic carbocycles. The first kappa shape index (κ1) is 21.0. The van der Waals surface area contributed by atoms with E-state index in [1.54, 1.807) is 32.2 Å². The second-order valence-electron chi connectivity index (χ2n) is 7.26. The number of nitrogens with zero attached hydrogens (tertiary/aromatic N) is 1. The number of sulfonamides is 1.